The molecule has 1 aromatic rings. The zero-order valence-corrected chi connectivity index (χ0v) is 15.3. The van der Waals surface area contributed by atoms with Crippen LogP contribution >= 0.6 is 35.0 Å². The van der Waals surface area contributed by atoms with Gasteiger partial charge in [-0.3, -0.25) is 4.79 Å². The Labute approximate surface area is 147 Å². The summed E-state index contributed by atoms with van der Waals surface area (Å²) in [5.74, 6) is 0.334. The molecule has 1 fully saturated rings. The Morgan fingerprint density at radius 2 is 1.76 bits per heavy atom. The van der Waals surface area contributed by atoms with Gasteiger partial charge in [0.2, 0.25) is 5.91 Å². The summed E-state index contributed by atoms with van der Waals surface area (Å²) in [5, 5.41) is 3.27. The monoisotopic (exact) mass is 422 g/mol. The van der Waals surface area contributed by atoms with Crippen molar-refractivity contribution in [2.45, 2.75) is 32.1 Å². The SMILES string of the molecule is Cl.O=C(CCCCCc1ccc(I)cc1)N1CCNCC1. The third-order valence-corrected chi connectivity index (χ3v) is 4.46. The van der Waals surface area contributed by atoms with Crippen LogP contribution in [0.2, 0.25) is 0 Å². The van der Waals surface area contributed by atoms with Crippen LogP contribution in [-0.2, 0) is 11.2 Å². The van der Waals surface area contributed by atoms with E-state index >= 15 is 0 Å². The first-order chi connectivity index (χ1) is 9.75. The molecule has 1 aliphatic rings. The molecule has 118 valence electrons. The highest BCUT2D eigenvalue weighted by atomic mass is 127. The van der Waals surface area contributed by atoms with Crippen molar-refractivity contribution in [2.24, 2.45) is 0 Å². The number of amides is 1. The number of rotatable bonds is 6. The van der Waals surface area contributed by atoms with E-state index in [1.165, 1.54) is 15.6 Å². The molecule has 1 aliphatic heterocycles. The third-order valence-electron chi connectivity index (χ3n) is 3.74. The van der Waals surface area contributed by atoms with E-state index in [9.17, 15) is 4.79 Å². The van der Waals surface area contributed by atoms with E-state index in [-0.39, 0.29) is 12.4 Å². The zero-order chi connectivity index (χ0) is 14.2. The molecule has 0 aromatic heterocycles. The summed E-state index contributed by atoms with van der Waals surface area (Å²) in [6, 6.07) is 8.72. The molecule has 1 N–H and O–H groups in total. The van der Waals surface area contributed by atoms with Gasteiger partial charge in [-0.05, 0) is 59.5 Å². The number of hydrogen-bond acceptors (Lipinski definition) is 2. The number of benzene rings is 1. The van der Waals surface area contributed by atoms with Crippen molar-refractivity contribution in [3.05, 3.63) is 33.4 Å². The van der Waals surface area contributed by atoms with Crippen LogP contribution in [0.3, 0.4) is 0 Å². The van der Waals surface area contributed by atoms with E-state index in [1.54, 1.807) is 0 Å². The molecule has 3 nitrogen and oxygen atoms in total. The van der Waals surface area contributed by atoms with Gasteiger partial charge in [-0.2, -0.15) is 0 Å². The number of nitrogens with zero attached hydrogens (tertiary/aromatic N) is 1. The second-order valence-corrected chi connectivity index (χ2v) is 6.56. The minimum absolute atomic E-state index is 0. The quantitative estimate of drug-likeness (QED) is 0.564. The first-order valence-electron chi connectivity index (χ1n) is 7.48. The molecule has 0 radical (unpaired) electrons. The third kappa shape index (κ3) is 6.98. The smallest absolute Gasteiger partial charge is 0.222 e. The van der Waals surface area contributed by atoms with Gasteiger partial charge in [0.05, 0.1) is 0 Å². The number of piperazine rings is 1. The molecule has 0 bridgehead atoms. The van der Waals surface area contributed by atoms with E-state index in [2.05, 4.69) is 52.2 Å². The van der Waals surface area contributed by atoms with Crippen molar-refractivity contribution in [1.29, 1.82) is 0 Å². The molecule has 0 aliphatic carbocycles. The maximum Gasteiger partial charge on any atom is 0.222 e. The highest BCUT2D eigenvalue weighted by Crippen LogP contribution is 2.11. The van der Waals surface area contributed by atoms with Crippen LogP contribution in [0.1, 0.15) is 31.2 Å². The first kappa shape index (κ1) is 18.7. The maximum absolute atomic E-state index is 12.0. The maximum atomic E-state index is 12.0. The summed E-state index contributed by atoms with van der Waals surface area (Å²) in [6.45, 7) is 3.64. The van der Waals surface area contributed by atoms with E-state index < -0.39 is 0 Å². The Hall–Kier alpha value is -0.330. The lowest BCUT2D eigenvalue weighted by Crippen LogP contribution is -2.46. The van der Waals surface area contributed by atoms with Crippen molar-refractivity contribution in [2.75, 3.05) is 26.2 Å². The molecule has 0 unspecified atom stereocenters. The Morgan fingerprint density at radius 1 is 1.10 bits per heavy atom. The standard InChI is InChI=1S/C16H23IN2O.ClH/c17-15-8-6-14(7-9-15)4-2-1-3-5-16(20)19-12-10-18-11-13-19;/h6-9,18H,1-5,10-13H2;1H. The van der Waals surface area contributed by atoms with Gasteiger partial charge in [0.15, 0.2) is 0 Å². The molecule has 21 heavy (non-hydrogen) atoms. The number of carbonyl (C=O) groups is 1. The minimum Gasteiger partial charge on any atom is -0.340 e. The van der Waals surface area contributed by atoms with Crippen molar-refractivity contribution >= 4 is 40.9 Å². The average Bonchev–Trinajstić information content (AvgIpc) is 2.49. The molecule has 1 amide bonds. The van der Waals surface area contributed by atoms with Crippen LogP contribution in [0, 0.1) is 3.57 Å². The van der Waals surface area contributed by atoms with E-state index in [1.807, 2.05) is 4.90 Å². The van der Waals surface area contributed by atoms with Gasteiger partial charge in [0.25, 0.3) is 0 Å². The average molecular weight is 423 g/mol. The van der Waals surface area contributed by atoms with E-state index in [4.69, 9.17) is 0 Å². The number of carbonyl (C=O) groups excluding carboxylic acids is 1. The predicted octanol–water partition coefficient (Wildman–Crippen LogP) is 3.25. The molecule has 0 spiro atoms. The second-order valence-electron chi connectivity index (χ2n) is 5.32. The molecule has 1 aromatic carbocycles. The lowest BCUT2D eigenvalue weighted by Gasteiger charge is -2.27. The van der Waals surface area contributed by atoms with Crippen LogP contribution < -0.4 is 5.32 Å². The molecule has 0 saturated carbocycles. The Bertz CT molecular complexity index is 419. The normalized spacial score (nSPS) is 14.6. The molecular formula is C16H24ClIN2O. The molecule has 1 heterocycles. The van der Waals surface area contributed by atoms with Gasteiger partial charge in [-0.15, -0.1) is 12.4 Å². The van der Waals surface area contributed by atoms with Gasteiger partial charge in [0.1, 0.15) is 0 Å². The lowest BCUT2D eigenvalue weighted by atomic mass is 10.1. The van der Waals surface area contributed by atoms with Crippen LogP contribution in [0.25, 0.3) is 0 Å². The Morgan fingerprint density at radius 3 is 2.43 bits per heavy atom. The summed E-state index contributed by atoms with van der Waals surface area (Å²) in [6.07, 6.45) is 5.18. The highest BCUT2D eigenvalue weighted by molar-refractivity contribution is 14.1. The number of unbranched alkanes of at least 4 members (excludes halogenated alkanes) is 2. The summed E-state index contributed by atoms with van der Waals surface area (Å²) in [5.41, 5.74) is 1.40. The molecule has 5 heteroatoms. The topological polar surface area (TPSA) is 32.3 Å². The number of hydrogen-bond donors (Lipinski definition) is 1. The van der Waals surface area contributed by atoms with Crippen LogP contribution in [0.5, 0.6) is 0 Å². The number of halogens is 2. The predicted molar refractivity (Wildman–Crippen MR) is 98.0 cm³/mol. The largest absolute Gasteiger partial charge is 0.340 e. The summed E-state index contributed by atoms with van der Waals surface area (Å²) >= 11 is 2.33. The number of nitrogens with one attached hydrogen (secondary N) is 1. The van der Waals surface area contributed by atoms with Crippen molar-refractivity contribution in [1.82, 2.24) is 10.2 Å². The van der Waals surface area contributed by atoms with Crippen molar-refractivity contribution < 1.29 is 4.79 Å². The van der Waals surface area contributed by atoms with Gasteiger partial charge in [0, 0.05) is 36.2 Å². The Kier molecular flexibility index (Phi) is 9.27. The molecule has 2 rings (SSSR count). The first-order valence-corrected chi connectivity index (χ1v) is 8.56. The fraction of sp³-hybridized carbons (Fsp3) is 0.562. The minimum atomic E-state index is 0. The number of aryl methyl sites for hydroxylation is 1. The van der Waals surface area contributed by atoms with E-state index in [0.29, 0.717) is 12.3 Å². The van der Waals surface area contributed by atoms with E-state index in [0.717, 1.165) is 45.4 Å². The Balaban J connectivity index is 0.00000220. The van der Waals surface area contributed by atoms with Crippen LogP contribution in [0.4, 0.5) is 0 Å². The zero-order valence-electron chi connectivity index (χ0n) is 12.3. The molecular weight excluding hydrogens is 399 g/mol. The van der Waals surface area contributed by atoms with Gasteiger partial charge in [-0.1, -0.05) is 18.6 Å². The second kappa shape index (κ2) is 10.4. The summed E-state index contributed by atoms with van der Waals surface area (Å²) < 4.78 is 1.29. The lowest BCUT2D eigenvalue weighted by molar-refractivity contribution is -0.131. The fourth-order valence-corrected chi connectivity index (χ4v) is 2.87. The highest BCUT2D eigenvalue weighted by Gasteiger charge is 2.14. The van der Waals surface area contributed by atoms with Crippen molar-refractivity contribution in [3.63, 3.8) is 0 Å². The van der Waals surface area contributed by atoms with Gasteiger partial charge >= 0.3 is 0 Å². The van der Waals surface area contributed by atoms with Crippen LogP contribution in [-0.4, -0.2) is 37.0 Å². The van der Waals surface area contributed by atoms with Gasteiger partial charge < -0.3 is 10.2 Å². The summed E-state index contributed by atoms with van der Waals surface area (Å²) in [4.78, 5) is 14.0. The van der Waals surface area contributed by atoms with Crippen molar-refractivity contribution in [3.8, 4) is 0 Å². The summed E-state index contributed by atoms with van der Waals surface area (Å²) in [7, 11) is 0. The van der Waals surface area contributed by atoms with Gasteiger partial charge in [-0.25, -0.2) is 0 Å². The molecule has 1 saturated heterocycles. The van der Waals surface area contributed by atoms with Crippen LogP contribution in [0.15, 0.2) is 24.3 Å². The molecule has 0 atom stereocenters. The fourth-order valence-electron chi connectivity index (χ4n) is 2.51.